The molecule has 3 unspecified atom stereocenters. The number of aliphatic hydroxyl groups is 2. The molecule has 0 aliphatic carbocycles. The molecule has 0 fully saturated rings. The molecule has 3 atom stereocenters. The summed E-state index contributed by atoms with van der Waals surface area (Å²) >= 11 is 0. The average Bonchev–Trinajstić information content (AvgIpc) is 0.822. The minimum atomic E-state index is -3.84. The highest BCUT2D eigenvalue weighted by Gasteiger charge is 2.23. The van der Waals surface area contributed by atoms with Gasteiger partial charge in [0.05, 0.1) is 95.9 Å². The van der Waals surface area contributed by atoms with Crippen molar-refractivity contribution in [2.24, 2.45) is 0 Å². The van der Waals surface area contributed by atoms with Crippen molar-refractivity contribution in [3.05, 3.63) is 235 Å². The molecule has 8 rings (SSSR count). The zero-order chi connectivity index (χ0) is 87.3. The van der Waals surface area contributed by atoms with E-state index in [0.717, 1.165) is 105 Å². The number of carbonyl (C=O) groups excluding carboxylic acids is 1. The van der Waals surface area contributed by atoms with E-state index in [0.29, 0.717) is 93.2 Å². The number of methoxy groups -OCH3 is 2. The second kappa shape index (κ2) is 49.9. The third-order valence-corrected chi connectivity index (χ3v) is 21.1. The number of phenolic OH excluding ortho intramolecular Hbond substituents is 2. The van der Waals surface area contributed by atoms with Crippen LogP contribution in [-0.2, 0) is 115 Å². The monoisotopic (exact) mass is 1650 g/mol. The van der Waals surface area contributed by atoms with Crippen LogP contribution < -0.4 is 27.9 Å². The summed E-state index contributed by atoms with van der Waals surface area (Å²) in [6, 6.07) is 48.7. The Morgan fingerprint density at radius 1 is 0.432 bits per heavy atom. The standard InChI is InChI=1S/C29H42O5.C27H40O4.C21H28O6S.C21H28O4/c1-9-21(2)22-13-15-25(16-14-22)31-18-17-26(30)34-27-23(19-32-28(3,4)5)11-10-12-24(27)20-33-29(6,7)8;1-8-27(6,7)24-9-11-25(12-10-24)29-14-13-21-15-22(17-30-19(2)3)26(28)23(16-21)18-31-20(4)5;1-4-16(3)17-5-7-20(8-6-17)27-28(24,25)10-9-26-21-18(13-22)11-15(2)12-19(21)14-23;1-5-15(2)17-6-8-20(9-7-17)25-14-19-11-16(12-23-3)10-18(13-24-4)21(19)22/h10-16,21H,9,17-20H2,1-8H3;9-12,15-16,19-20,28H,8,13-14,17-18H2,1-7H3;5-8,11-12,16,22-23H,4,9-10,13-14H2,1-3H3;6-11,15,22H,5,12-14H2,1-4H3. The normalized spacial score (nSPS) is 12.5. The van der Waals surface area contributed by atoms with Gasteiger partial charge in [0.2, 0.25) is 0 Å². The average molecular weight is 1650 g/mol. The molecule has 8 aromatic rings. The fourth-order valence-electron chi connectivity index (χ4n) is 12.0. The van der Waals surface area contributed by atoms with E-state index in [1.807, 2.05) is 167 Å². The molecule has 0 aliphatic heterocycles. The molecule has 0 radical (unpaired) electrons. The number of ether oxygens (including phenoxy) is 11. The van der Waals surface area contributed by atoms with Crippen molar-refractivity contribution in [1.82, 2.24) is 0 Å². The summed E-state index contributed by atoms with van der Waals surface area (Å²) in [6.45, 7) is 44.2. The van der Waals surface area contributed by atoms with E-state index in [1.165, 1.54) is 16.7 Å². The van der Waals surface area contributed by atoms with E-state index >= 15 is 0 Å². The molecule has 8 aromatic carbocycles. The SMILES string of the molecule is CCC(C)(C)c1ccc(OCCc2cc(COC(C)C)c(O)c(COC(C)C)c2)cc1.CCC(C)c1ccc(OCCC(=O)Oc2c(COC(C)(C)C)cccc2COC(C)(C)C)cc1.CCC(C)c1ccc(OCc2cc(COC)cc(COC)c2O)cc1.CCC(C)c1ccc(OS(=O)(=O)CCOc2c(CO)cc(C)cc2CO)cc1. The van der Waals surface area contributed by atoms with Gasteiger partial charge >= 0.3 is 16.1 Å². The molecule has 0 aliphatic rings. The fraction of sp³-hybridized carbons (Fsp3) is 0.500. The van der Waals surface area contributed by atoms with Gasteiger partial charge in [-0.25, -0.2) is 0 Å². The Balaban J connectivity index is 0.000000282. The number of aryl methyl sites for hydroxylation is 1. The maximum atomic E-state index is 12.7. The second-order valence-corrected chi connectivity index (χ2v) is 34.8. The van der Waals surface area contributed by atoms with E-state index in [4.69, 9.17) is 56.3 Å². The van der Waals surface area contributed by atoms with E-state index in [1.54, 1.807) is 38.5 Å². The van der Waals surface area contributed by atoms with E-state index in [2.05, 4.69) is 98.7 Å². The Kier molecular flexibility index (Phi) is 42.3. The summed E-state index contributed by atoms with van der Waals surface area (Å²) in [5.41, 5.74) is 13.3. The van der Waals surface area contributed by atoms with Crippen molar-refractivity contribution in [1.29, 1.82) is 0 Å². The zero-order valence-corrected chi connectivity index (χ0v) is 75.4. The van der Waals surface area contributed by atoms with E-state index < -0.39 is 10.1 Å². The van der Waals surface area contributed by atoms with Crippen LogP contribution in [0, 0.1) is 6.92 Å². The largest absolute Gasteiger partial charge is 0.507 e. The van der Waals surface area contributed by atoms with Gasteiger partial charge in [0.25, 0.3) is 0 Å². The first kappa shape index (κ1) is 100. The highest BCUT2D eigenvalue weighted by molar-refractivity contribution is 7.87. The van der Waals surface area contributed by atoms with Crippen molar-refractivity contribution < 1.29 is 89.9 Å². The first-order chi connectivity index (χ1) is 55.9. The van der Waals surface area contributed by atoms with Crippen molar-refractivity contribution in [2.45, 2.75) is 283 Å². The lowest BCUT2D eigenvalue weighted by molar-refractivity contribution is -0.135. The number of aliphatic hydroxyl groups excluding tert-OH is 2. The topological polar surface area (TPSA) is 243 Å². The number of benzene rings is 8. The number of carbonyl (C=O) groups is 1. The summed E-state index contributed by atoms with van der Waals surface area (Å²) in [5.74, 6) is 4.73. The van der Waals surface area contributed by atoms with Crippen molar-refractivity contribution in [3.63, 3.8) is 0 Å². The molecule has 19 nitrogen and oxygen atoms in total. The number of aromatic hydroxyl groups is 2. The van der Waals surface area contributed by atoms with E-state index in [-0.39, 0.29) is 90.6 Å². The molecule has 0 spiro atoms. The van der Waals surface area contributed by atoms with Gasteiger partial charge in [-0.15, -0.1) is 0 Å². The van der Waals surface area contributed by atoms with Crippen LogP contribution in [0.25, 0.3) is 0 Å². The van der Waals surface area contributed by atoms with Crippen molar-refractivity contribution in [2.75, 3.05) is 39.8 Å². The zero-order valence-electron chi connectivity index (χ0n) is 74.6. The molecule has 0 heterocycles. The van der Waals surface area contributed by atoms with Gasteiger partial charge in [0.1, 0.15) is 65.0 Å². The van der Waals surface area contributed by atoms with Gasteiger partial charge in [0.15, 0.2) is 0 Å². The van der Waals surface area contributed by atoms with Crippen LogP contribution in [0.1, 0.15) is 265 Å². The summed E-state index contributed by atoms with van der Waals surface area (Å²) in [5, 5.41) is 40.1. The number of hydrogen-bond donors (Lipinski definition) is 4. The molecule has 4 N–H and O–H groups in total. The van der Waals surface area contributed by atoms with E-state index in [9.17, 15) is 33.6 Å². The van der Waals surface area contributed by atoms with Gasteiger partial charge < -0.3 is 76.7 Å². The molecule has 118 heavy (non-hydrogen) atoms. The van der Waals surface area contributed by atoms with Crippen LogP contribution in [0.15, 0.2) is 152 Å². The molecule has 0 bridgehead atoms. The van der Waals surface area contributed by atoms with Crippen LogP contribution in [0.4, 0.5) is 0 Å². The lowest BCUT2D eigenvalue weighted by Gasteiger charge is -2.23. The predicted octanol–water partition coefficient (Wildman–Crippen LogP) is 21.8. The van der Waals surface area contributed by atoms with Gasteiger partial charge in [-0.3, -0.25) is 4.79 Å². The highest BCUT2D eigenvalue weighted by Crippen LogP contribution is 2.35. The first-order valence-electron chi connectivity index (χ1n) is 41.5. The van der Waals surface area contributed by atoms with Gasteiger partial charge in [-0.05, 0) is 231 Å². The smallest absolute Gasteiger partial charge is 0.314 e. The molecule has 20 heteroatoms. The van der Waals surface area contributed by atoms with Crippen LogP contribution in [0.5, 0.6) is 46.0 Å². The van der Waals surface area contributed by atoms with Crippen LogP contribution in [0.2, 0.25) is 0 Å². The summed E-state index contributed by atoms with van der Waals surface area (Å²) in [7, 11) is -0.581. The van der Waals surface area contributed by atoms with Gasteiger partial charge in [0, 0.05) is 65.1 Å². The number of esters is 1. The third-order valence-electron chi connectivity index (χ3n) is 20.0. The fourth-order valence-corrected chi connectivity index (χ4v) is 12.7. The quantitative estimate of drug-likeness (QED) is 0.0158. The summed E-state index contributed by atoms with van der Waals surface area (Å²) < 4.78 is 92.4. The molecular weight excluding hydrogens is 1510 g/mol. The lowest BCUT2D eigenvalue weighted by atomic mass is 9.82. The number of phenols is 2. The lowest BCUT2D eigenvalue weighted by Crippen LogP contribution is -2.21. The maximum absolute atomic E-state index is 12.7. The molecule has 0 saturated heterocycles. The first-order valence-corrected chi connectivity index (χ1v) is 43.1. The number of hydrogen-bond acceptors (Lipinski definition) is 19. The second-order valence-electron chi connectivity index (χ2n) is 33.1. The van der Waals surface area contributed by atoms with Gasteiger partial charge in [-0.2, -0.15) is 8.42 Å². The number of para-hydroxylation sites is 1. The van der Waals surface area contributed by atoms with Crippen LogP contribution in [-0.4, -0.2) is 98.0 Å². The Morgan fingerprint density at radius 2 is 0.839 bits per heavy atom. The molecule has 0 amide bonds. The molecular formula is C98H138O19S. The Labute approximate surface area is 706 Å². The van der Waals surface area contributed by atoms with Crippen LogP contribution >= 0.6 is 0 Å². The highest BCUT2D eigenvalue weighted by atomic mass is 32.2. The minimum absolute atomic E-state index is 0.0995. The summed E-state index contributed by atoms with van der Waals surface area (Å²) in [6.07, 6.45) is 5.39. The Hall–Kier alpha value is -8.54. The number of rotatable bonds is 42. The minimum Gasteiger partial charge on any atom is -0.507 e. The van der Waals surface area contributed by atoms with Gasteiger partial charge in [-0.1, -0.05) is 147 Å². The Morgan fingerprint density at radius 3 is 1.25 bits per heavy atom. The summed E-state index contributed by atoms with van der Waals surface area (Å²) in [4.78, 5) is 12.7. The van der Waals surface area contributed by atoms with Crippen molar-refractivity contribution in [3.8, 4) is 46.0 Å². The van der Waals surface area contributed by atoms with Crippen LogP contribution in [0.3, 0.4) is 0 Å². The molecule has 0 saturated carbocycles. The molecule has 650 valence electrons. The molecule has 0 aromatic heterocycles. The Bertz CT molecular complexity index is 4270. The predicted molar refractivity (Wildman–Crippen MR) is 470 cm³/mol. The maximum Gasteiger partial charge on any atom is 0.314 e. The van der Waals surface area contributed by atoms with Crippen molar-refractivity contribution >= 4 is 16.1 Å². The third kappa shape index (κ3) is 35.4.